The third kappa shape index (κ3) is 7.36. The zero-order valence-corrected chi connectivity index (χ0v) is 20.4. The molecule has 0 bridgehead atoms. The fourth-order valence-corrected chi connectivity index (χ4v) is 5.27. The molecule has 188 valence electrons. The number of hydrogen-bond acceptors (Lipinski definition) is 8. The Labute approximate surface area is 210 Å². The first-order valence-electron chi connectivity index (χ1n) is 11.8. The van der Waals surface area contributed by atoms with Crippen molar-refractivity contribution >= 4 is 22.9 Å². The van der Waals surface area contributed by atoms with E-state index in [2.05, 4.69) is 15.3 Å². The van der Waals surface area contributed by atoms with Crippen molar-refractivity contribution in [2.75, 3.05) is 5.75 Å². The van der Waals surface area contributed by atoms with Crippen molar-refractivity contribution in [2.24, 2.45) is 11.8 Å². The number of carbonyl (C=O) groups excluding carboxylic acids is 1. The van der Waals surface area contributed by atoms with E-state index in [1.807, 2.05) is 36.4 Å². The number of ether oxygens (including phenoxy) is 1. The Kier molecular flexibility index (Phi) is 8.34. The van der Waals surface area contributed by atoms with E-state index in [-0.39, 0.29) is 17.3 Å². The highest BCUT2D eigenvalue weighted by Crippen LogP contribution is 2.33. The van der Waals surface area contributed by atoms with Gasteiger partial charge in [0.2, 0.25) is 11.8 Å². The van der Waals surface area contributed by atoms with Crippen molar-refractivity contribution in [3.63, 3.8) is 0 Å². The van der Waals surface area contributed by atoms with Crippen molar-refractivity contribution in [3.05, 3.63) is 78.6 Å². The van der Waals surface area contributed by atoms with Crippen LogP contribution in [-0.2, 0) is 21.1 Å². The predicted octanol–water partition coefficient (Wildman–Crippen LogP) is 2.20. The lowest BCUT2D eigenvalue weighted by Crippen LogP contribution is -2.50. The average molecular weight is 509 g/mol. The van der Waals surface area contributed by atoms with Gasteiger partial charge >= 0.3 is 7.12 Å². The lowest BCUT2D eigenvalue weighted by molar-refractivity contribution is -0.124. The van der Waals surface area contributed by atoms with E-state index in [1.165, 1.54) is 6.20 Å². The minimum atomic E-state index is -4.00. The Morgan fingerprint density at radius 2 is 1.69 bits per heavy atom. The molecule has 0 saturated heterocycles. The zero-order valence-electron chi connectivity index (χ0n) is 19.6. The molecule has 3 N–H and O–H groups in total. The normalized spacial score (nSPS) is 15.1. The molecule has 1 aliphatic carbocycles. The Hall–Kier alpha value is -3.28. The quantitative estimate of drug-likeness (QED) is 0.316. The van der Waals surface area contributed by atoms with Crippen LogP contribution in [0.15, 0.2) is 78.1 Å². The van der Waals surface area contributed by atoms with Gasteiger partial charge in [-0.15, -0.1) is 0 Å². The molecule has 1 aliphatic rings. The first-order chi connectivity index (χ1) is 17.3. The highest BCUT2D eigenvalue weighted by Gasteiger charge is 2.35. The SMILES string of the molecule is O=C(N[C@@H](CC1CC1)B(O)O)[C@H](Cc1ccccc1)CS(=O)(=O)c1cnc(Oc2ccccc2)cn1. The van der Waals surface area contributed by atoms with Crippen LogP contribution >= 0.6 is 0 Å². The monoisotopic (exact) mass is 509 g/mol. The number of aromatic nitrogens is 2. The maximum atomic E-state index is 13.2. The van der Waals surface area contributed by atoms with Crippen LogP contribution in [0.3, 0.4) is 0 Å². The third-order valence-corrected chi connectivity index (χ3v) is 7.67. The second-order valence-electron chi connectivity index (χ2n) is 8.98. The first-order valence-corrected chi connectivity index (χ1v) is 13.4. The maximum absolute atomic E-state index is 13.2. The van der Waals surface area contributed by atoms with Crippen molar-refractivity contribution in [1.82, 2.24) is 15.3 Å². The standard InChI is InChI=1S/C25H28BN3O6S/c30-25(29-22(26(31)32)14-19-11-12-19)20(13-18-7-3-1-4-8-18)17-36(33,34)24-16-27-23(15-28-24)35-21-9-5-2-6-10-21/h1-10,15-16,19-20,22,31-32H,11-14,17H2,(H,29,30)/t20-,22+/m1/s1. The zero-order chi connectivity index (χ0) is 25.5. The van der Waals surface area contributed by atoms with E-state index in [9.17, 15) is 23.3 Å². The van der Waals surface area contributed by atoms with E-state index < -0.39 is 40.5 Å². The summed E-state index contributed by atoms with van der Waals surface area (Å²) < 4.78 is 32.0. The number of carbonyl (C=O) groups is 1. The molecular formula is C25H28BN3O6S. The van der Waals surface area contributed by atoms with Crippen LogP contribution in [-0.4, -0.2) is 53.2 Å². The number of hydrogen-bond donors (Lipinski definition) is 3. The van der Waals surface area contributed by atoms with Crippen molar-refractivity contribution in [3.8, 4) is 11.6 Å². The summed E-state index contributed by atoms with van der Waals surface area (Å²) >= 11 is 0. The molecule has 9 nitrogen and oxygen atoms in total. The number of nitrogens with zero attached hydrogens (tertiary/aromatic N) is 2. The second kappa shape index (κ2) is 11.6. The van der Waals surface area contributed by atoms with Gasteiger partial charge in [0, 0.05) is 0 Å². The van der Waals surface area contributed by atoms with E-state index in [0.717, 1.165) is 24.6 Å². The summed E-state index contributed by atoms with van der Waals surface area (Å²) in [6, 6.07) is 18.0. The number of benzene rings is 2. The van der Waals surface area contributed by atoms with Crippen LogP contribution in [0.5, 0.6) is 11.6 Å². The topological polar surface area (TPSA) is 139 Å². The lowest BCUT2D eigenvalue weighted by Gasteiger charge is -2.22. The van der Waals surface area contributed by atoms with Crippen molar-refractivity contribution < 1.29 is 28.0 Å². The molecule has 1 amide bonds. The smallest absolute Gasteiger partial charge is 0.438 e. The summed E-state index contributed by atoms with van der Waals surface area (Å²) in [6.07, 6.45) is 4.88. The van der Waals surface area contributed by atoms with Gasteiger partial charge < -0.3 is 20.1 Å². The van der Waals surface area contributed by atoms with Crippen molar-refractivity contribution in [2.45, 2.75) is 36.7 Å². The van der Waals surface area contributed by atoms with Gasteiger partial charge in [-0.2, -0.15) is 0 Å². The predicted molar refractivity (Wildman–Crippen MR) is 134 cm³/mol. The fourth-order valence-electron chi connectivity index (χ4n) is 3.87. The summed E-state index contributed by atoms with van der Waals surface area (Å²) in [5.41, 5.74) is 0.786. The van der Waals surface area contributed by atoms with Gasteiger partial charge in [0.25, 0.3) is 0 Å². The largest absolute Gasteiger partial charge is 0.475 e. The molecule has 36 heavy (non-hydrogen) atoms. The number of nitrogens with one attached hydrogen (secondary N) is 1. The van der Waals surface area contributed by atoms with Crippen LogP contribution in [0, 0.1) is 11.8 Å². The minimum absolute atomic E-state index is 0.138. The van der Waals surface area contributed by atoms with Crippen LogP contribution in [0.25, 0.3) is 0 Å². The summed E-state index contributed by atoms with van der Waals surface area (Å²) in [6.45, 7) is 0. The molecule has 1 saturated carbocycles. The third-order valence-electron chi connectivity index (χ3n) is 5.98. The van der Waals surface area contributed by atoms with Gasteiger partial charge in [-0.05, 0) is 36.5 Å². The lowest BCUT2D eigenvalue weighted by atomic mass is 9.76. The van der Waals surface area contributed by atoms with E-state index in [0.29, 0.717) is 18.1 Å². The molecule has 1 fully saturated rings. The minimum Gasteiger partial charge on any atom is -0.438 e. The van der Waals surface area contributed by atoms with Crippen LogP contribution in [0.4, 0.5) is 0 Å². The molecular weight excluding hydrogens is 481 g/mol. The highest BCUT2D eigenvalue weighted by molar-refractivity contribution is 7.91. The van der Waals surface area contributed by atoms with Crippen LogP contribution in [0.1, 0.15) is 24.8 Å². The molecule has 1 heterocycles. The molecule has 0 aliphatic heterocycles. The van der Waals surface area contributed by atoms with Crippen molar-refractivity contribution in [1.29, 1.82) is 0 Å². The Morgan fingerprint density at radius 1 is 1.03 bits per heavy atom. The molecule has 3 aromatic rings. The van der Waals surface area contributed by atoms with Crippen LogP contribution in [0.2, 0.25) is 0 Å². The summed E-state index contributed by atoms with van der Waals surface area (Å²) in [5, 5.41) is 21.9. The summed E-state index contributed by atoms with van der Waals surface area (Å²) in [5.74, 6) is -1.90. The van der Waals surface area contributed by atoms with E-state index in [4.69, 9.17) is 4.74 Å². The van der Waals surface area contributed by atoms with Gasteiger partial charge in [-0.3, -0.25) is 4.79 Å². The molecule has 0 unspecified atom stereocenters. The van der Waals surface area contributed by atoms with Gasteiger partial charge in [-0.25, -0.2) is 18.4 Å². The maximum Gasteiger partial charge on any atom is 0.475 e. The molecule has 0 spiro atoms. The van der Waals surface area contributed by atoms with E-state index >= 15 is 0 Å². The summed E-state index contributed by atoms with van der Waals surface area (Å²) in [7, 11) is -5.73. The molecule has 11 heteroatoms. The highest BCUT2D eigenvalue weighted by atomic mass is 32.2. The Bertz CT molecular complexity index is 1240. The van der Waals surface area contributed by atoms with Gasteiger partial charge in [0.15, 0.2) is 14.9 Å². The molecule has 1 aromatic heterocycles. The molecule has 4 rings (SSSR count). The van der Waals surface area contributed by atoms with Gasteiger partial charge in [0.1, 0.15) is 5.75 Å². The Morgan fingerprint density at radius 3 is 2.28 bits per heavy atom. The number of amides is 1. The van der Waals surface area contributed by atoms with E-state index in [1.54, 1.807) is 24.3 Å². The number of sulfone groups is 1. The Balaban J connectivity index is 1.50. The number of para-hydroxylation sites is 1. The van der Waals surface area contributed by atoms with Crippen LogP contribution < -0.4 is 10.1 Å². The second-order valence-corrected chi connectivity index (χ2v) is 11.0. The fraction of sp³-hybridized carbons (Fsp3) is 0.320. The number of rotatable bonds is 12. The molecule has 0 radical (unpaired) electrons. The van der Waals surface area contributed by atoms with Gasteiger partial charge in [-0.1, -0.05) is 61.4 Å². The first kappa shape index (κ1) is 25.8. The van der Waals surface area contributed by atoms with Gasteiger partial charge in [0.05, 0.1) is 30.0 Å². The summed E-state index contributed by atoms with van der Waals surface area (Å²) in [4.78, 5) is 21.2. The molecule has 2 aromatic carbocycles. The molecule has 2 atom stereocenters. The average Bonchev–Trinajstić information content (AvgIpc) is 3.69.